The van der Waals surface area contributed by atoms with Gasteiger partial charge in [-0.05, 0) is 31.4 Å². The van der Waals surface area contributed by atoms with E-state index in [-0.39, 0.29) is 0 Å². The van der Waals surface area contributed by atoms with Crippen LogP contribution in [0.4, 0.5) is 0 Å². The third-order valence-corrected chi connectivity index (χ3v) is 1.93. The van der Waals surface area contributed by atoms with Crippen molar-refractivity contribution in [3.05, 3.63) is 47.5 Å². The summed E-state index contributed by atoms with van der Waals surface area (Å²) in [6.45, 7) is 2.08. The van der Waals surface area contributed by atoms with Crippen molar-refractivity contribution < 1.29 is 4.79 Å². The first-order valence-corrected chi connectivity index (χ1v) is 4.49. The molecule has 0 aliphatic rings. The van der Waals surface area contributed by atoms with Gasteiger partial charge >= 0.3 is 0 Å². The molecular weight excluding hydrogens is 160 g/mol. The molecule has 1 aromatic rings. The third-order valence-electron chi connectivity index (χ3n) is 1.93. The Morgan fingerprint density at radius 2 is 1.92 bits per heavy atom. The molecule has 0 atom stereocenters. The highest BCUT2D eigenvalue weighted by Crippen LogP contribution is 2.05. The van der Waals surface area contributed by atoms with Crippen molar-refractivity contribution in [2.24, 2.45) is 0 Å². The van der Waals surface area contributed by atoms with E-state index in [1.807, 2.05) is 6.08 Å². The van der Waals surface area contributed by atoms with Gasteiger partial charge in [0.1, 0.15) is 6.29 Å². The highest BCUT2D eigenvalue weighted by molar-refractivity contribution is 5.64. The monoisotopic (exact) mass is 174 g/mol. The molecule has 0 aliphatic carbocycles. The topological polar surface area (TPSA) is 17.1 Å². The Bertz CT molecular complexity index is 282. The van der Waals surface area contributed by atoms with Gasteiger partial charge in [0, 0.05) is 0 Å². The lowest BCUT2D eigenvalue weighted by Gasteiger charge is -1.98. The summed E-state index contributed by atoms with van der Waals surface area (Å²) in [4.78, 5) is 9.97. The van der Waals surface area contributed by atoms with Crippen LogP contribution in [0.15, 0.2) is 36.4 Å². The first kappa shape index (κ1) is 9.72. The van der Waals surface area contributed by atoms with E-state index in [4.69, 9.17) is 0 Å². The molecule has 0 spiro atoms. The maximum atomic E-state index is 9.97. The van der Waals surface area contributed by atoms with Gasteiger partial charge in [-0.1, -0.05) is 35.9 Å². The highest BCUT2D eigenvalue weighted by Gasteiger charge is 1.89. The molecule has 1 rings (SSSR count). The van der Waals surface area contributed by atoms with Gasteiger partial charge in [-0.25, -0.2) is 0 Å². The molecular formula is C12H14O. The van der Waals surface area contributed by atoms with Crippen molar-refractivity contribution in [1.82, 2.24) is 0 Å². The normalized spacial score (nSPS) is 10.5. The second-order valence-electron chi connectivity index (χ2n) is 3.09. The standard InChI is InChI=1S/C12H14O/c1-11-6-8-12(9-7-11)5-3-2-4-10-13/h2,4,6-10H,3,5H2,1H3/b4-2-. The molecule has 13 heavy (non-hydrogen) atoms. The van der Waals surface area contributed by atoms with Crippen molar-refractivity contribution in [2.45, 2.75) is 19.8 Å². The predicted molar refractivity (Wildman–Crippen MR) is 54.7 cm³/mol. The van der Waals surface area contributed by atoms with Crippen molar-refractivity contribution in [3.8, 4) is 0 Å². The molecule has 0 bridgehead atoms. The molecule has 0 saturated heterocycles. The largest absolute Gasteiger partial charge is 0.299 e. The van der Waals surface area contributed by atoms with Crippen LogP contribution in [0.3, 0.4) is 0 Å². The fourth-order valence-corrected chi connectivity index (χ4v) is 1.16. The van der Waals surface area contributed by atoms with Crippen LogP contribution < -0.4 is 0 Å². The van der Waals surface area contributed by atoms with Crippen LogP contribution in [-0.4, -0.2) is 6.29 Å². The Kier molecular flexibility index (Phi) is 3.97. The number of carbonyl (C=O) groups is 1. The van der Waals surface area contributed by atoms with E-state index < -0.39 is 0 Å². The van der Waals surface area contributed by atoms with Gasteiger partial charge in [0.2, 0.25) is 0 Å². The van der Waals surface area contributed by atoms with Crippen LogP contribution in [0.25, 0.3) is 0 Å². The Morgan fingerprint density at radius 3 is 2.54 bits per heavy atom. The van der Waals surface area contributed by atoms with Crippen molar-refractivity contribution >= 4 is 6.29 Å². The zero-order chi connectivity index (χ0) is 9.52. The molecule has 0 aliphatic heterocycles. The number of aldehydes is 1. The van der Waals surface area contributed by atoms with E-state index in [1.54, 1.807) is 6.08 Å². The average molecular weight is 174 g/mol. The maximum Gasteiger partial charge on any atom is 0.142 e. The van der Waals surface area contributed by atoms with Crippen LogP contribution >= 0.6 is 0 Å². The second-order valence-corrected chi connectivity index (χ2v) is 3.09. The van der Waals surface area contributed by atoms with Gasteiger partial charge in [0.05, 0.1) is 0 Å². The summed E-state index contributed by atoms with van der Waals surface area (Å²) >= 11 is 0. The van der Waals surface area contributed by atoms with Gasteiger partial charge in [-0.2, -0.15) is 0 Å². The molecule has 68 valence electrons. The van der Waals surface area contributed by atoms with E-state index in [9.17, 15) is 4.79 Å². The molecule has 0 radical (unpaired) electrons. The quantitative estimate of drug-likeness (QED) is 0.506. The molecule has 1 nitrogen and oxygen atoms in total. The summed E-state index contributed by atoms with van der Waals surface area (Å²) in [5, 5.41) is 0. The van der Waals surface area contributed by atoms with E-state index in [2.05, 4.69) is 31.2 Å². The first-order chi connectivity index (χ1) is 6.33. The molecule has 0 heterocycles. The number of benzene rings is 1. The Balaban J connectivity index is 2.41. The highest BCUT2D eigenvalue weighted by atomic mass is 16.1. The van der Waals surface area contributed by atoms with Crippen LogP contribution in [0.2, 0.25) is 0 Å². The van der Waals surface area contributed by atoms with Gasteiger partial charge in [0.15, 0.2) is 0 Å². The molecule has 0 amide bonds. The summed E-state index contributed by atoms with van der Waals surface area (Å²) in [7, 11) is 0. The van der Waals surface area contributed by atoms with Crippen molar-refractivity contribution in [1.29, 1.82) is 0 Å². The molecule has 0 fully saturated rings. The lowest BCUT2D eigenvalue weighted by molar-refractivity contribution is -0.104. The van der Waals surface area contributed by atoms with Crippen LogP contribution in [-0.2, 0) is 11.2 Å². The Morgan fingerprint density at radius 1 is 1.23 bits per heavy atom. The van der Waals surface area contributed by atoms with Crippen molar-refractivity contribution in [3.63, 3.8) is 0 Å². The fraction of sp³-hybridized carbons (Fsp3) is 0.250. The lowest BCUT2D eigenvalue weighted by atomic mass is 10.1. The Hall–Kier alpha value is -1.37. The van der Waals surface area contributed by atoms with E-state index in [0.717, 1.165) is 19.1 Å². The minimum atomic E-state index is 0.815. The number of rotatable bonds is 4. The summed E-state index contributed by atoms with van der Waals surface area (Å²) in [5.74, 6) is 0. The Labute approximate surface area is 79.1 Å². The lowest BCUT2D eigenvalue weighted by Crippen LogP contribution is -1.83. The van der Waals surface area contributed by atoms with Crippen LogP contribution in [0, 0.1) is 6.92 Å². The molecule has 0 unspecified atom stereocenters. The zero-order valence-corrected chi connectivity index (χ0v) is 7.86. The minimum absolute atomic E-state index is 0.815. The fourth-order valence-electron chi connectivity index (χ4n) is 1.16. The van der Waals surface area contributed by atoms with E-state index in [1.165, 1.54) is 11.1 Å². The smallest absolute Gasteiger partial charge is 0.142 e. The summed E-state index contributed by atoms with van der Waals surface area (Å²) in [5.41, 5.74) is 2.60. The molecule has 1 heteroatoms. The summed E-state index contributed by atoms with van der Waals surface area (Å²) in [6, 6.07) is 8.48. The SMILES string of the molecule is Cc1ccc(CC/C=C\C=O)cc1. The van der Waals surface area contributed by atoms with Crippen molar-refractivity contribution in [2.75, 3.05) is 0 Å². The number of hydrogen-bond donors (Lipinski definition) is 0. The van der Waals surface area contributed by atoms with Crippen LogP contribution in [0.1, 0.15) is 17.5 Å². The summed E-state index contributed by atoms with van der Waals surface area (Å²) in [6.07, 6.45) is 6.20. The maximum absolute atomic E-state index is 9.97. The number of carbonyl (C=O) groups excluding carboxylic acids is 1. The van der Waals surface area contributed by atoms with Gasteiger partial charge < -0.3 is 0 Å². The van der Waals surface area contributed by atoms with Gasteiger partial charge in [0.25, 0.3) is 0 Å². The minimum Gasteiger partial charge on any atom is -0.299 e. The molecule has 0 saturated carbocycles. The average Bonchev–Trinajstić information content (AvgIpc) is 2.15. The van der Waals surface area contributed by atoms with E-state index in [0.29, 0.717) is 0 Å². The zero-order valence-electron chi connectivity index (χ0n) is 7.86. The predicted octanol–water partition coefficient (Wildman–Crippen LogP) is 2.68. The van der Waals surface area contributed by atoms with Crippen LogP contribution in [0.5, 0.6) is 0 Å². The summed E-state index contributed by atoms with van der Waals surface area (Å²) < 4.78 is 0. The first-order valence-electron chi connectivity index (χ1n) is 4.49. The van der Waals surface area contributed by atoms with Gasteiger partial charge in [-0.3, -0.25) is 4.79 Å². The second kappa shape index (κ2) is 5.31. The van der Waals surface area contributed by atoms with E-state index >= 15 is 0 Å². The molecule has 1 aromatic carbocycles. The number of aryl methyl sites for hydroxylation is 2. The number of allylic oxidation sites excluding steroid dienone is 2. The molecule has 0 aromatic heterocycles. The van der Waals surface area contributed by atoms with Gasteiger partial charge in [-0.15, -0.1) is 0 Å². The number of hydrogen-bond acceptors (Lipinski definition) is 1. The third kappa shape index (κ3) is 3.70. The molecule has 0 N–H and O–H groups in total.